The Morgan fingerprint density at radius 3 is 2.31 bits per heavy atom. The van der Waals surface area contributed by atoms with Crippen LogP contribution in [0.1, 0.15) is 40.5 Å². The minimum Gasteiger partial charge on any atom is -0.388 e. The number of carbonyl (C=O) groups is 1. The number of ketones is 1. The van der Waals surface area contributed by atoms with Gasteiger partial charge >= 0.3 is 0 Å². The molecule has 0 radical (unpaired) electrons. The van der Waals surface area contributed by atoms with Gasteiger partial charge in [0.2, 0.25) is 0 Å². The molecule has 3 fully saturated rings. The van der Waals surface area contributed by atoms with Gasteiger partial charge < -0.3 is 54.7 Å². The fourth-order valence-corrected chi connectivity index (χ4v) is 5.08. The molecule has 0 amide bonds. The molecule has 1 unspecified atom stereocenters. The minimum absolute atomic E-state index is 0.0891. The summed E-state index contributed by atoms with van der Waals surface area (Å²) in [6.07, 6.45) is -9.96. The van der Waals surface area contributed by atoms with Crippen molar-refractivity contribution in [3.8, 4) is 0 Å². The van der Waals surface area contributed by atoms with Gasteiger partial charge in [0.25, 0.3) is 0 Å². The van der Waals surface area contributed by atoms with E-state index in [-0.39, 0.29) is 37.8 Å². The molecular formula is C24H40O12. The number of carbonyl (C=O) groups excluding carboxylic acids is 1. The van der Waals surface area contributed by atoms with Gasteiger partial charge in [-0.2, -0.15) is 0 Å². The Balaban J connectivity index is 1.62. The molecular weight excluding hydrogens is 480 g/mol. The molecule has 0 spiro atoms. The maximum atomic E-state index is 12.0. The molecule has 2 saturated heterocycles. The number of ether oxygens (including phenoxy) is 4. The number of aliphatic hydroxyl groups excluding tert-OH is 6. The molecule has 0 aromatic carbocycles. The largest absolute Gasteiger partial charge is 0.388 e. The number of aliphatic hydroxyl groups is 7. The molecule has 36 heavy (non-hydrogen) atoms. The van der Waals surface area contributed by atoms with Crippen LogP contribution in [0.3, 0.4) is 0 Å². The van der Waals surface area contributed by atoms with Crippen LogP contribution in [0.15, 0.2) is 12.2 Å². The van der Waals surface area contributed by atoms with Crippen molar-refractivity contribution in [3.05, 3.63) is 12.2 Å². The summed E-state index contributed by atoms with van der Waals surface area (Å²) >= 11 is 0. The van der Waals surface area contributed by atoms with Crippen LogP contribution >= 0.6 is 0 Å². The number of rotatable bonds is 7. The normalized spacial score (nSPS) is 46.7. The van der Waals surface area contributed by atoms with Crippen LogP contribution in [0, 0.1) is 11.3 Å². The van der Waals surface area contributed by atoms with Crippen LogP contribution in [0.25, 0.3) is 0 Å². The van der Waals surface area contributed by atoms with Crippen LogP contribution < -0.4 is 0 Å². The fraction of sp³-hybridized carbons (Fsp3) is 0.875. The first-order chi connectivity index (χ1) is 16.7. The topological polar surface area (TPSA) is 196 Å². The summed E-state index contributed by atoms with van der Waals surface area (Å²) in [5.41, 5.74) is -1.97. The molecule has 12 atom stereocenters. The predicted molar refractivity (Wildman–Crippen MR) is 122 cm³/mol. The summed E-state index contributed by atoms with van der Waals surface area (Å²) in [5.74, 6) is -0.226. The van der Waals surface area contributed by atoms with Crippen molar-refractivity contribution in [1.29, 1.82) is 0 Å². The molecule has 2 aliphatic heterocycles. The quantitative estimate of drug-likeness (QED) is 0.182. The SMILES string of the molecule is CC(/C=C/[C@@]1(O)[C@H](C)CC(=O)CC1(C)C)O[C@@H]1O[C@H](CO[C@@H]2OC[C@@H](O)[C@H](O)[C@H]2O)[C@@H](O)[C@H](O)[C@H]1O. The number of Topliss-reactive ketones (excluding diaryl/α,β-unsaturated/α-hetero) is 1. The number of hydrogen-bond donors (Lipinski definition) is 7. The summed E-state index contributed by atoms with van der Waals surface area (Å²) in [6, 6.07) is 0. The molecule has 3 rings (SSSR count). The van der Waals surface area contributed by atoms with Crippen molar-refractivity contribution in [1.82, 2.24) is 0 Å². The van der Waals surface area contributed by atoms with Crippen LogP contribution in [-0.2, 0) is 23.7 Å². The van der Waals surface area contributed by atoms with E-state index in [9.17, 15) is 40.5 Å². The van der Waals surface area contributed by atoms with E-state index in [0.29, 0.717) is 0 Å². The predicted octanol–water partition coefficient (Wildman–Crippen LogP) is -2.03. The molecule has 208 valence electrons. The first-order valence-electron chi connectivity index (χ1n) is 12.2. The maximum absolute atomic E-state index is 12.0. The van der Waals surface area contributed by atoms with Gasteiger partial charge in [0.15, 0.2) is 12.6 Å². The van der Waals surface area contributed by atoms with E-state index < -0.39 is 72.4 Å². The first-order valence-corrected chi connectivity index (χ1v) is 12.2. The van der Waals surface area contributed by atoms with Crippen LogP contribution in [0.2, 0.25) is 0 Å². The summed E-state index contributed by atoms with van der Waals surface area (Å²) in [5, 5.41) is 71.7. The van der Waals surface area contributed by atoms with E-state index in [1.165, 1.54) is 0 Å². The van der Waals surface area contributed by atoms with Gasteiger partial charge in [0, 0.05) is 18.3 Å². The van der Waals surface area contributed by atoms with E-state index in [0.717, 1.165) is 0 Å². The van der Waals surface area contributed by atoms with Gasteiger partial charge in [-0.05, 0) is 12.8 Å². The van der Waals surface area contributed by atoms with E-state index in [1.54, 1.807) is 26.0 Å². The van der Waals surface area contributed by atoms with E-state index in [2.05, 4.69) is 0 Å². The van der Waals surface area contributed by atoms with Crippen LogP contribution in [0.5, 0.6) is 0 Å². The molecule has 12 heteroatoms. The average molecular weight is 521 g/mol. The minimum atomic E-state index is -1.63. The Bertz CT molecular complexity index is 789. The van der Waals surface area contributed by atoms with Gasteiger partial charge in [-0.25, -0.2) is 0 Å². The lowest BCUT2D eigenvalue weighted by Crippen LogP contribution is -2.60. The third-order valence-electron chi connectivity index (χ3n) is 7.53. The molecule has 1 saturated carbocycles. The molecule has 12 nitrogen and oxygen atoms in total. The molecule has 2 heterocycles. The second kappa shape index (κ2) is 11.4. The Morgan fingerprint density at radius 2 is 1.67 bits per heavy atom. The third kappa shape index (κ3) is 6.00. The zero-order valence-corrected chi connectivity index (χ0v) is 21.0. The van der Waals surface area contributed by atoms with Gasteiger partial charge in [-0.1, -0.05) is 32.9 Å². The Kier molecular flexibility index (Phi) is 9.33. The van der Waals surface area contributed by atoms with Crippen molar-refractivity contribution in [3.63, 3.8) is 0 Å². The Morgan fingerprint density at radius 1 is 1.03 bits per heavy atom. The van der Waals surface area contributed by atoms with Gasteiger partial charge in [-0.3, -0.25) is 4.79 Å². The second-order valence-electron chi connectivity index (χ2n) is 10.8. The zero-order chi connectivity index (χ0) is 27.0. The molecule has 0 aromatic rings. The Hall–Kier alpha value is -1.03. The highest BCUT2D eigenvalue weighted by Gasteiger charge is 2.51. The number of hydrogen-bond acceptors (Lipinski definition) is 12. The molecule has 1 aliphatic carbocycles. The fourth-order valence-electron chi connectivity index (χ4n) is 5.08. The van der Waals surface area contributed by atoms with Crippen molar-refractivity contribution < 1.29 is 59.5 Å². The highest BCUT2D eigenvalue weighted by molar-refractivity contribution is 5.81. The summed E-state index contributed by atoms with van der Waals surface area (Å²) < 4.78 is 21.9. The molecule has 0 aromatic heterocycles. The van der Waals surface area contributed by atoms with Crippen molar-refractivity contribution in [2.45, 2.75) is 108 Å². The monoisotopic (exact) mass is 520 g/mol. The second-order valence-corrected chi connectivity index (χ2v) is 10.8. The lowest BCUT2D eigenvalue weighted by Gasteiger charge is -2.48. The molecule has 0 bridgehead atoms. The van der Waals surface area contributed by atoms with E-state index in [1.807, 2.05) is 13.8 Å². The van der Waals surface area contributed by atoms with Gasteiger partial charge in [0.1, 0.15) is 48.5 Å². The smallest absolute Gasteiger partial charge is 0.187 e. The highest BCUT2D eigenvalue weighted by Crippen LogP contribution is 2.46. The molecule has 3 aliphatic rings. The van der Waals surface area contributed by atoms with Crippen LogP contribution in [0.4, 0.5) is 0 Å². The summed E-state index contributed by atoms with van der Waals surface area (Å²) in [6.45, 7) is 6.42. The zero-order valence-electron chi connectivity index (χ0n) is 21.0. The van der Waals surface area contributed by atoms with Crippen molar-refractivity contribution in [2.24, 2.45) is 11.3 Å². The average Bonchev–Trinajstić information content (AvgIpc) is 2.80. The summed E-state index contributed by atoms with van der Waals surface area (Å²) in [4.78, 5) is 12.0. The lowest BCUT2D eigenvalue weighted by molar-refractivity contribution is -0.324. The molecule has 7 N–H and O–H groups in total. The van der Waals surface area contributed by atoms with Crippen molar-refractivity contribution >= 4 is 5.78 Å². The standard InChI is InChI=1S/C24H40O12/c1-11-7-13(25)8-23(3,4)24(11,32)6-5-12(2)35-22-20(31)18(29)17(28)15(36-22)10-34-21-19(30)16(27)14(26)9-33-21/h5-6,11-12,14-22,26-32H,7-10H2,1-4H3/b6-5+/t11-,12?,14-,15-,16+,17-,18+,19-,20-,21+,22-,24-/m1/s1. The third-order valence-corrected chi connectivity index (χ3v) is 7.53. The summed E-state index contributed by atoms with van der Waals surface area (Å²) in [7, 11) is 0. The van der Waals surface area contributed by atoms with Crippen molar-refractivity contribution in [2.75, 3.05) is 13.2 Å². The van der Waals surface area contributed by atoms with E-state index >= 15 is 0 Å². The maximum Gasteiger partial charge on any atom is 0.187 e. The van der Waals surface area contributed by atoms with Crippen LogP contribution in [-0.4, -0.2) is 122 Å². The highest BCUT2D eigenvalue weighted by atomic mass is 16.7. The Labute approximate surface area is 210 Å². The van der Waals surface area contributed by atoms with Gasteiger partial charge in [-0.15, -0.1) is 0 Å². The lowest BCUT2D eigenvalue weighted by atomic mass is 9.60. The van der Waals surface area contributed by atoms with Gasteiger partial charge in [0.05, 0.1) is 24.9 Å². The van der Waals surface area contributed by atoms with E-state index in [4.69, 9.17) is 18.9 Å². The first kappa shape index (κ1) is 29.5.